The Morgan fingerprint density at radius 1 is 1.30 bits per heavy atom. The number of benzene rings is 1. The van der Waals surface area contributed by atoms with Crippen molar-refractivity contribution >= 4 is 28.8 Å². The quantitative estimate of drug-likeness (QED) is 0.351. The molecule has 5 nitrogen and oxygen atoms in total. The number of carbonyl (C=O) groups excluding carboxylic acids is 1. The Kier molecular flexibility index (Phi) is 4.05. The summed E-state index contributed by atoms with van der Waals surface area (Å²) in [4.78, 5) is 12.2. The van der Waals surface area contributed by atoms with Gasteiger partial charge in [-0.3, -0.25) is 4.79 Å². The molecular weight excluding hydrogens is 274 g/mol. The smallest absolute Gasteiger partial charge is 0.256 e. The molecule has 0 atom stereocenters. The van der Waals surface area contributed by atoms with Crippen LogP contribution < -0.4 is 11.1 Å². The third-order valence-corrected chi connectivity index (χ3v) is 3.85. The van der Waals surface area contributed by atoms with Crippen LogP contribution in [0.3, 0.4) is 0 Å². The van der Waals surface area contributed by atoms with Gasteiger partial charge in [0, 0.05) is 16.6 Å². The van der Waals surface area contributed by atoms with Gasteiger partial charge in [0.05, 0.1) is 5.56 Å². The van der Waals surface area contributed by atoms with Crippen LogP contribution in [0.15, 0.2) is 34.1 Å². The van der Waals surface area contributed by atoms with Crippen molar-refractivity contribution in [2.75, 3.05) is 5.32 Å². The predicted molar refractivity (Wildman–Crippen MR) is 80.7 cm³/mol. The summed E-state index contributed by atoms with van der Waals surface area (Å²) in [6.07, 6.45) is 0. The number of rotatable bonds is 3. The summed E-state index contributed by atoms with van der Waals surface area (Å²) in [7, 11) is 0. The van der Waals surface area contributed by atoms with Crippen LogP contribution in [0.2, 0.25) is 0 Å². The largest absolute Gasteiger partial charge is 0.409 e. The summed E-state index contributed by atoms with van der Waals surface area (Å²) in [5.41, 5.74) is 9.25. The maximum atomic E-state index is 12.2. The molecule has 1 aromatic heterocycles. The summed E-state index contributed by atoms with van der Waals surface area (Å²) in [6, 6.07) is 5.23. The average Bonchev–Trinajstić information content (AvgIpc) is 2.86. The second-order valence-electron chi connectivity index (χ2n) is 4.44. The molecule has 4 N–H and O–H groups in total. The molecule has 2 aromatic rings. The molecule has 104 valence electrons. The van der Waals surface area contributed by atoms with Crippen molar-refractivity contribution in [3.63, 3.8) is 0 Å². The standard InChI is InChI=1S/C14H15N3O2S/c1-8-3-4-10(13(15)17-19)5-12(8)16-14(18)11-7-20-6-9(11)2/h3-7,19H,1-2H3,(H2,15,17)(H,16,18). The molecule has 1 amide bonds. The minimum absolute atomic E-state index is 0.00668. The van der Waals surface area contributed by atoms with Gasteiger partial charge < -0.3 is 16.3 Å². The van der Waals surface area contributed by atoms with Crippen molar-refractivity contribution in [2.24, 2.45) is 10.9 Å². The Labute approximate surface area is 120 Å². The third kappa shape index (κ3) is 2.80. The van der Waals surface area contributed by atoms with E-state index in [4.69, 9.17) is 10.9 Å². The van der Waals surface area contributed by atoms with Gasteiger partial charge in [-0.1, -0.05) is 17.3 Å². The van der Waals surface area contributed by atoms with E-state index in [1.54, 1.807) is 12.1 Å². The Morgan fingerprint density at radius 3 is 2.65 bits per heavy atom. The third-order valence-electron chi connectivity index (χ3n) is 2.99. The zero-order chi connectivity index (χ0) is 14.7. The number of nitrogens with zero attached hydrogens (tertiary/aromatic N) is 1. The predicted octanol–water partition coefficient (Wildman–Crippen LogP) is 2.71. The number of thiophene rings is 1. The van der Waals surface area contributed by atoms with Gasteiger partial charge in [0.15, 0.2) is 5.84 Å². The summed E-state index contributed by atoms with van der Waals surface area (Å²) in [5, 5.41) is 18.2. The number of anilines is 1. The van der Waals surface area contributed by atoms with Gasteiger partial charge in [0.1, 0.15) is 0 Å². The summed E-state index contributed by atoms with van der Waals surface area (Å²) in [6.45, 7) is 3.78. The SMILES string of the molecule is Cc1ccc(C(N)=NO)cc1NC(=O)c1cscc1C. The van der Waals surface area contributed by atoms with Gasteiger partial charge in [0.25, 0.3) is 5.91 Å². The minimum atomic E-state index is -0.163. The molecule has 2 rings (SSSR count). The van der Waals surface area contributed by atoms with E-state index in [0.717, 1.165) is 11.1 Å². The maximum absolute atomic E-state index is 12.2. The first-order valence-electron chi connectivity index (χ1n) is 5.95. The Balaban J connectivity index is 2.29. The molecule has 1 heterocycles. The number of hydrogen-bond donors (Lipinski definition) is 3. The lowest BCUT2D eigenvalue weighted by Gasteiger charge is -2.10. The van der Waals surface area contributed by atoms with Crippen LogP contribution in [0, 0.1) is 13.8 Å². The van der Waals surface area contributed by atoms with Crippen molar-refractivity contribution in [1.82, 2.24) is 0 Å². The molecule has 0 saturated carbocycles. The van der Waals surface area contributed by atoms with E-state index in [1.807, 2.05) is 30.7 Å². The molecule has 0 unspecified atom stereocenters. The van der Waals surface area contributed by atoms with Crippen LogP contribution in [-0.4, -0.2) is 17.0 Å². The number of nitrogens with two attached hydrogens (primary N) is 1. The molecular formula is C14H15N3O2S. The second kappa shape index (κ2) is 5.75. The molecule has 0 radical (unpaired) electrons. The molecule has 0 saturated heterocycles. The molecule has 20 heavy (non-hydrogen) atoms. The number of nitrogens with one attached hydrogen (secondary N) is 1. The Hall–Kier alpha value is -2.34. The Morgan fingerprint density at radius 2 is 2.05 bits per heavy atom. The number of amides is 1. The zero-order valence-electron chi connectivity index (χ0n) is 11.2. The van der Waals surface area contributed by atoms with Crippen LogP contribution in [-0.2, 0) is 0 Å². The summed E-state index contributed by atoms with van der Waals surface area (Å²) >= 11 is 1.49. The lowest BCUT2D eigenvalue weighted by Crippen LogP contribution is -2.16. The molecule has 1 aromatic carbocycles. The van der Waals surface area contributed by atoms with E-state index in [2.05, 4.69) is 10.5 Å². The highest BCUT2D eigenvalue weighted by molar-refractivity contribution is 7.08. The summed E-state index contributed by atoms with van der Waals surface area (Å²) in [5.74, 6) is -0.157. The van der Waals surface area contributed by atoms with E-state index >= 15 is 0 Å². The lowest BCUT2D eigenvalue weighted by atomic mass is 10.1. The number of hydrogen-bond acceptors (Lipinski definition) is 4. The average molecular weight is 289 g/mol. The van der Waals surface area contributed by atoms with E-state index in [1.165, 1.54) is 11.3 Å². The number of carbonyl (C=O) groups is 1. The highest BCUT2D eigenvalue weighted by Gasteiger charge is 2.12. The lowest BCUT2D eigenvalue weighted by molar-refractivity contribution is 0.102. The molecule has 0 bridgehead atoms. The van der Waals surface area contributed by atoms with Gasteiger partial charge in [-0.15, -0.1) is 0 Å². The fraction of sp³-hybridized carbons (Fsp3) is 0.143. The highest BCUT2D eigenvalue weighted by atomic mass is 32.1. The molecule has 0 fully saturated rings. The fourth-order valence-electron chi connectivity index (χ4n) is 1.76. The van der Waals surface area contributed by atoms with Gasteiger partial charge in [-0.25, -0.2) is 0 Å². The molecule has 0 aliphatic rings. The van der Waals surface area contributed by atoms with Gasteiger partial charge in [0.2, 0.25) is 0 Å². The van der Waals surface area contributed by atoms with Crippen LogP contribution in [0.4, 0.5) is 5.69 Å². The highest BCUT2D eigenvalue weighted by Crippen LogP contribution is 2.20. The van der Waals surface area contributed by atoms with Crippen LogP contribution in [0.25, 0.3) is 0 Å². The van der Waals surface area contributed by atoms with E-state index in [9.17, 15) is 4.79 Å². The van der Waals surface area contributed by atoms with Crippen molar-refractivity contribution in [3.8, 4) is 0 Å². The van der Waals surface area contributed by atoms with Gasteiger partial charge in [-0.05, 0) is 36.4 Å². The summed E-state index contributed by atoms with van der Waals surface area (Å²) < 4.78 is 0. The molecule has 0 aliphatic carbocycles. The number of aryl methyl sites for hydroxylation is 2. The van der Waals surface area contributed by atoms with Gasteiger partial charge in [-0.2, -0.15) is 11.3 Å². The van der Waals surface area contributed by atoms with E-state index in [-0.39, 0.29) is 11.7 Å². The normalized spacial score (nSPS) is 11.4. The monoisotopic (exact) mass is 289 g/mol. The fourth-order valence-corrected chi connectivity index (χ4v) is 2.58. The number of amidine groups is 1. The van der Waals surface area contributed by atoms with Crippen molar-refractivity contribution < 1.29 is 10.0 Å². The first kappa shape index (κ1) is 14.1. The van der Waals surface area contributed by atoms with E-state index < -0.39 is 0 Å². The van der Waals surface area contributed by atoms with Crippen LogP contribution in [0.1, 0.15) is 27.0 Å². The topological polar surface area (TPSA) is 87.7 Å². The minimum Gasteiger partial charge on any atom is -0.409 e. The molecule has 6 heteroatoms. The second-order valence-corrected chi connectivity index (χ2v) is 5.18. The zero-order valence-corrected chi connectivity index (χ0v) is 12.0. The van der Waals surface area contributed by atoms with E-state index in [0.29, 0.717) is 16.8 Å². The first-order valence-corrected chi connectivity index (χ1v) is 6.90. The van der Waals surface area contributed by atoms with Crippen LogP contribution >= 0.6 is 11.3 Å². The maximum Gasteiger partial charge on any atom is 0.256 e. The Bertz CT molecular complexity index is 677. The van der Waals surface area contributed by atoms with Crippen molar-refractivity contribution in [1.29, 1.82) is 0 Å². The van der Waals surface area contributed by atoms with Crippen molar-refractivity contribution in [2.45, 2.75) is 13.8 Å². The number of oxime groups is 1. The molecule has 0 spiro atoms. The molecule has 0 aliphatic heterocycles. The first-order chi connectivity index (χ1) is 9.52. The van der Waals surface area contributed by atoms with Crippen LogP contribution in [0.5, 0.6) is 0 Å². The van der Waals surface area contributed by atoms with Gasteiger partial charge >= 0.3 is 0 Å². The van der Waals surface area contributed by atoms with Crippen molar-refractivity contribution in [3.05, 3.63) is 51.2 Å².